The summed E-state index contributed by atoms with van der Waals surface area (Å²) < 4.78 is 0.658. The Morgan fingerprint density at radius 3 is 2.24 bits per heavy atom. The van der Waals surface area contributed by atoms with Crippen LogP contribution in [0, 0.1) is 39.4 Å². The van der Waals surface area contributed by atoms with Crippen molar-refractivity contribution in [2.45, 2.75) is 17.3 Å². The Bertz CT molecular complexity index is 1270. The molecule has 1 aliphatic heterocycles. The molecule has 9 heteroatoms. The van der Waals surface area contributed by atoms with Gasteiger partial charge in [0.2, 0.25) is 0 Å². The average Bonchev–Trinajstić information content (AvgIpc) is 3.57. The second-order valence-corrected chi connectivity index (χ2v) is 11.2. The first-order valence-corrected chi connectivity index (χ1v) is 13.7. The number of benzene rings is 1. The molecule has 1 aliphatic rings. The summed E-state index contributed by atoms with van der Waals surface area (Å²) >= 11 is 2.49. The van der Waals surface area contributed by atoms with Crippen LogP contribution in [0.5, 0.6) is 0 Å². The van der Waals surface area contributed by atoms with E-state index in [2.05, 4.69) is 28.8 Å². The fourth-order valence-electron chi connectivity index (χ4n) is 3.80. The fourth-order valence-corrected chi connectivity index (χ4v) is 7.38. The van der Waals surface area contributed by atoms with Gasteiger partial charge in [0.15, 0.2) is 0 Å². The van der Waals surface area contributed by atoms with Crippen LogP contribution in [-0.4, -0.2) is 20.9 Å². The van der Waals surface area contributed by atoms with E-state index in [-0.39, 0.29) is 11.2 Å². The van der Waals surface area contributed by atoms with Crippen molar-refractivity contribution >= 4 is 49.2 Å². The molecule has 3 aromatic rings. The van der Waals surface area contributed by atoms with E-state index in [9.17, 15) is 20.6 Å². The molecule has 6 nitrogen and oxygen atoms in total. The second kappa shape index (κ2) is 10.0. The Labute approximate surface area is 205 Å². The van der Waals surface area contributed by atoms with E-state index in [0.717, 1.165) is 9.75 Å². The third kappa shape index (κ3) is 4.44. The third-order valence-electron chi connectivity index (χ3n) is 5.27. The zero-order chi connectivity index (χ0) is 23.3. The molecule has 0 fully saturated rings. The van der Waals surface area contributed by atoms with Crippen LogP contribution in [0.15, 0.2) is 75.5 Å². The standard InChI is InChI=1S/C24H17N5OS2Se/c25-12-17-21(18-8-4-10-31-18)24(14-26,15-27)22(19-9-5-11-32-19)29-23(17)33-13-20(30)28-16-6-2-1-3-7-16/h1-11,21-22,29H,13H2,(H,28,30). The minimum atomic E-state index is -1.49. The molecule has 0 saturated heterocycles. The van der Waals surface area contributed by atoms with Gasteiger partial charge < -0.3 is 0 Å². The first-order valence-electron chi connectivity index (χ1n) is 9.90. The summed E-state index contributed by atoms with van der Waals surface area (Å²) in [5.41, 5.74) is -0.418. The molecule has 2 N–H and O–H groups in total. The van der Waals surface area contributed by atoms with E-state index < -0.39 is 32.3 Å². The Hall–Kier alpha value is -3.38. The molecule has 0 spiro atoms. The molecule has 0 saturated carbocycles. The van der Waals surface area contributed by atoms with Gasteiger partial charge in [-0.2, -0.15) is 0 Å². The molecular weight excluding hydrogens is 517 g/mol. The SMILES string of the molecule is N#CC1=C([Se]CC(=O)Nc2ccccc2)NC(c2cccs2)C(C#N)(C#N)C1c1cccs1. The zero-order valence-corrected chi connectivity index (χ0v) is 20.5. The monoisotopic (exact) mass is 535 g/mol. The van der Waals surface area contributed by atoms with Gasteiger partial charge >= 0.3 is 207 Å². The molecule has 0 aliphatic carbocycles. The second-order valence-electron chi connectivity index (χ2n) is 7.19. The van der Waals surface area contributed by atoms with Gasteiger partial charge in [0.1, 0.15) is 0 Å². The zero-order valence-electron chi connectivity index (χ0n) is 17.2. The fraction of sp³-hybridized carbons (Fsp3) is 0.167. The van der Waals surface area contributed by atoms with Crippen LogP contribution in [0.4, 0.5) is 5.69 Å². The van der Waals surface area contributed by atoms with E-state index in [1.54, 1.807) is 0 Å². The van der Waals surface area contributed by atoms with Gasteiger partial charge in [0.05, 0.1) is 0 Å². The summed E-state index contributed by atoms with van der Waals surface area (Å²) in [6, 6.07) is 22.9. The minimum absolute atomic E-state index is 0.148. The first kappa shape index (κ1) is 22.8. The molecule has 162 valence electrons. The number of nitrogens with one attached hydrogen (secondary N) is 2. The summed E-state index contributed by atoms with van der Waals surface area (Å²) in [5.74, 6) is -0.842. The van der Waals surface area contributed by atoms with E-state index in [0.29, 0.717) is 15.9 Å². The van der Waals surface area contributed by atoms with Crippen LogP contribution in [0.25, 0.3) is 0 Å². The summed E-state index contributed by atoms with van der Waals surface area (Å²) in [6.45, 7) is 0. The third-order valence-corrected chi connectivity index (χ3v) is 9.31. The maximum atomic E-state index is 12.6. The Morgan fingerprint density at radius 1 is 1.00 bits per heavy atom. The van der Waals surface area contributed by atoms with Crippen LogP contribution < -0.4 is 10.6 Å². The predicted molar refractivity (Wildman–Crippen MR) is 129 cm³/mol. The van der Waals surface area contributed by atoms with Crippen molar-refractivity contribution in [1.82, 2.24) is 5.32 Å². The number of nitrogens with zero attached hydrogens (tertiary/aromatic N) is 3. The predicted octanol–water partition coefficient (Wildman–Crippen LogP) is 4.77. The summed E-state index contributed by atoms with van der Waals surface area (Å²) in [5, 5.41) is 40.9. The molecule has 2 aromatic heterocycles. The average molecular weight is 535 g/mol. The quantitative estimate of drug-likeness (QED) is 0.443. The number of amides is 1. The summed E-state index contributed by atoms with van der Waals surface area (Å²) in [7, 11) is 0. The van der Waals surface area contributed by atoms with Gasteiger partial charge in [0, 0.05) is 0 Å². The van der Waals surface area contributed by atoms with Crippen LogP contribution in [0.3, 0.4) is 0 Å². The van der Waals surface area contributed by atoms with Crippen molar-refractivity contribution in [1.29, 1.82) is 15.8 Å². The van der Waals surface area contributed by atoms with Crippen molar-refractivity contribution < 1.29 is 4.79 Å². The molecule has 3 heterocycles. The van der Waals surface area contributed by atoms with Gasteiger partial charge in [-0.25, -0.2) is 0 Å². The van der Waals surface area contributed by atoms with Crippen molar-refractivity contribution in [2.75, 3.05) is 5.32 Å². The number of rotatable bonds is 6. The van der Waals surface area contributed by atoms with Gasteiger partial charge in [-0.3, -0.25) is 0 Å². The van der Waals surface area contributed by atoms with E-state index in [1.165, 1.54) is 22.7 Å². The van der Waals surface area contributed by atoms with Crippen LogP contribution in [-0.2, 0) is 4.79 Å². The van der Waals surface area contributed by atoms with Crippen molar-refractivity contribution in [3.05, 3.63) is 85.3 Å². The number of hydrogen-bond acceptors (Lipinski definition) is 7. The van der Waals surface area contributed by atoms with E-state index in [1.807, 2.05) is 65.4 Å². The van der Waals surface area contributed by atoms with Crippen LogP contribution in [0.2, 0.25) is 5.32 Å². The first-order chi connectivity index (χ1) is 16.1. The Kier molecular flexibility index (Phi) is 6.94. The number of carbonyl (C=O) groups excluding carboxylic acids is 1. The number of para-hydroxylation sites is 1. The van der Waals surface area contributed by atoms with Gasteiger partial charge in [-0.1, -0.05) is 0 Å². The molecule has 2 atom stereocenters. The van der Waals surface area contributed by atoms with E-state index in [4.69, 9.17) is 0 Å². The maximum absolute atomic E-state index is 12.6. The number of thiophene rings is 2. The molecule has 0 bridgehead atoms. The van der Waals surface area contributed by atoms with Crippen molar-refractivity contribution in [3.63, 3.8) is 0 Å². The molecule has 0 radical (unpaired) electrons. The Balaban J connectivity index is 1.72. The van der Waals surface area contributed by atoms with E-state index >= 15 is 0 Å². The van der Waals surface area contributed by atoms with Gasteiger partial charge in [-0.05, 0) is 0 Å². The van der Waals surface area contributed by atoms with Crippen LogP contribution in [0.1, 0.15) is 21.7 Å². The number of allylic oxidation sites excluding steroid dienone is 1. The number of anilines is 1. The molecule has 1 amide bonds. The number of hydrogen-bond donors (Lipinski definition) is 2. The number of carbonyl (C=O) groups is 1. The van der Waals surface area contributed by atoms with Gasteiger partial charge in [-0.15, -0.1) is 0 Å². The van der Waals surface area contributed by atoms with Crippen molar-refractivity contribution in [3.8, 4) is 18.2 Å². The molecule has 4 rings (SSSR count). The molecular formula is C24H17N5OS2Se. The number of nitriles is 3. The van der Waals surface area contributed by atoms with Gasteiger partial charge in [0.25, 0.3) is 0 Å². The van der Waals surface area contributed by atoms with Crippen LogP contribution >= 0.6 is 22.7 Å². The summed E-state index contributed by atoms with van der Waals surface area (Å²) in [4.78, 5) is 14.2. The molecule has 1 aromatic carbocycles. The summed E-state index contributed by atoms with van der Waals surface area (Å²) in [6.07, 6.45) is 0. The molecule has 33 heavy (non-hydrogen) atoms. The molecule has 2 unspecified atom stereocenters. The normalized spacial score (nSPS) is 18.9. The topological polar surface area (TPSA) is 112 Å². The van der Waals surface area contributed by atoms with Crippen molar-refractivity contribution in [2.24, 2.45) is 5.41 Å². The Morgan fingerprint density at radius 2 is 1.67 bits per heavy atom.